The molecule has 1 spiro atoms. The Labute approximate surface area is 165 Å². The molecule has 7 nitrogen and oxygen atoms in total. The molecule has 154 valence electrons. The third-order valence-electron chi connectivity index (χ3n) is 6.35. The van der Waals surface area contributed by atoms with Gasteiger partial charge in [0.15, 0.2) is 0 Å². The quantitative estimate of drug-likeness (QED) is 0.803. The molecule has 0 radical (unpaired) electrons. The molecule has 2 aromatic rings. The van der Waals surface area contributed by atoms with Gasteiger partial charge in [0.25, 0.3) is 0 Å². The number of nitrogens with one attached hydrogen (secondary N) is 1. The molecule has 2 fully saturated rings. The SMILES string of the molecule is Nc1ncc(-c2cc3n(n2)CCC32CN(C(=O)NC3CCC3)C2)cc1C(F)(F)F. The van der Waals surface area contributed by atoms with Crippen LogP contribution in [0.15, 0.2) is 18.3 Å². The minimum Gasteiger partial charge on any atom is -0.383 e. The number of urea groups is 1. The Hall–Kier alpha value is -2.78. The second-order valence-electron chi connectivity index (χ2n) is 8.26. The average Bonchev–Trinajstić information content (AvgIpc) is 3.15. The van der Waals surface area contributed by atoms with Crippen LogP contribution in [0.4, 0.5) is 23.8 Å². The lowest BCUT2D eigenvalue weighted by atomic mass is 9.76. The first-order chi connectivity index (χ1) is 13.7. The van der Waals surface area contributed by atoms with E-state index in [1.54, 1.807) is 4.90 Å². The van der Waals surface area contributed by atoms with Crippen LogP contribution in [0.3, 0.4) is 0 Å². The van der Waals surface area contributed by atoms with Gasteiger partial charge in [-0.1, -0.05) is 0 Å². The first kappa shape index (κ1) is 18.3. The molecule has 4 heterocycles. The highest BCUT2D eigenvalue weighted by atomic mass is 19.4. The third-order valence-corrected chi connectivity index (χ3v) is 6.35. The average molecular weight is 406 g/mol. The van der Waals surface area contributed by atoms with Crippen molar-refractivity contribution in [1.82, 2.24) is 25.0 Å². The Morgan fingerprint density at radius 2 is 2.03 bits per heavy atom. The number of anilines is 1. The zero-order valence-electron chi connectivity index (χ0n) is 15.7. The number of aromatic nitrogens is 3. The molecule has 2 aromatic heterocycles. The van der Waals surface area contributed by atoms with Crippen molar-refractivity contribution in [3.63, 3.8) is 0 Å². The maximum absolute atomic E-state index is 13.1. The van der Waals surface area contributed by atoms with Crippen molar-refractivity contribution in [3.8, 4) is 11.3 Å². The number of aryl methyl sites for hydroxylation is 1. The highest BCUT2D eigenvalue weighted by molar-refractivity contribution is 5.76. The van der Waals surface area contributed by atoms with Gasteiger partial charge in [-0.05, 0) is 37.8 Å². The summed E-state index contributed by atoms with van der Waals surface area (Å²) < 4.78 is 41.3. The Bertz CT molecular complexity index is 975. The number of carbonyl (C=O) groups is 1. The van der Waals surface area contributed by atoms with Crippen LogP contribution < -0.4 is 11.1 Å². The van der Waals surface area contributed by atoms with E-state index in [-0.39, 0.29) is 17.0 Å². The van der Waals surface area contributed by atoms with Gasteiger partial charge in [-0.25, -0.2) is 9.78 Å². The fourth-order valence-corrected chi connectivity index (χ4v) is 4.41. The summed E-state index contributed by atoms with van der Waals surface area (Å²) in [6, 6.07) is 3.07. The van der Waals surface area contributed by atoms with Crippen molar-refractivity contribution in [1.29, 1.82) is 0 Å². The summed E-state index contributed by atoms with van der Waals surface area (Å²) in [5.41, 5.74) is 5.95. The molecule has 3 N–H and O–H groups in total. The predicted octanol–water partition coefficient (Wildman–Crippen LogP) is 2.77. The Morgan fingerprint density at radius 3 is 2.69 bits per heavy atom. The summed E-state index contributed by atoms with van der Waals surface area (Å²) in [4.78, 5) is 17.8. The second kappa shape index (κ2) is 6.11. The van der Waals surface area contributed by atoms with Crippen molar-refractivity contribution in [2.24, 2.45) is 0 Å². The fourth-order valence-electron chi connectivity index (χ4n) is 4.41. The van der Waals surface area contributed by atoms with Gasteiger partial charge < -0.3 is 16.0 Å². The molecule has 3 aliphatic rings. The highest BCUT2D eigenvalue weighted by Gasteiger charge is 2.51. The number of amides is 2. The zero-order valence-corrected chi connectivity index (χ0v) is 15.7. The molecular weight excluding hydrogens is 385 g/mol. The maximum Gasteiger partial charge on any atom is 0.419 e. The maximum atomic E-state index is 13.1. The van der Waals surface area contributed by atoms with Gasteiger partial charge in [0, 0.05) is 48.5 Å². The van der Waals surface area contributed by atoms with E-state index in [0.717, 1.165) is 37.4 Å². The standard InChI is InChI=1S/C19H21F3N6O/c20-19(21,22)13-6-11(8-24-16(13)23)14-7-15-18(4-5-28(15)26-14)9-27(10-18)17(29)25-12-2-1-3-12/h6-8,12H,1-5,9-10H2,(H2,23,24)(H,25,29). The molecular formula is C19H21F3N6O. The number of carbonyl (C=O) groups excluding carboxylic acids is 1. The monoisotopic (exact) mass is 406 g/mol. The van der Waals surface area contributed by atoms with Crippen molar-refractivity contribution in [2.75, 3.05) is 18.8 Å². The lowest BCUT2D eigenvalue weighted by molar-refractivity contribution is -0.137. The van der Waals surface area contributed by atoms with Gasteiger partial charge in [0.2, 0.25) is 0 Å². The molecule has 0 aromatic carbocycles. The van der Waals surface area contributed by atoms with E-state index in [0.29, 0.717) is 31.4 Å². The summed E-state index contributed by atoms with van der Waals surface area (Å²) in [5, 5.41) is 7.52. The Balaban J connectivity index is 1.36. The Morgan fingerprint density at radius 1 is 1.28 bits per heavy atom. The molecule has 0 atom stereocenters. The smallest absolute Gasteiger partial charge is 0.383 e. The van der Waals surface area contributed by atoms with Gasteiger partial charge in [0.05, 0.1) is 11.3 Å². The van der Waals surface area contributed by atoms with Crippen LogP contribution in [0.5, 0.6) is 0 Å². The molecule has 0 bridgehead atoms. The molecule has 2 aliphatic heterocycles. The van der Waals surface area contributed by atoms with Crippen molar-refractivity contribution < 1.29 is 18.0 Å². The lowest BCUT2D eigenvalue weighted by Crippen LogP contribution is -2.63. The van der Waals surface area contributed by atoms with Crippen molar-refractivity contribution >= 4 is 11.8 Å². The largest absolute Gasteiger partial charge is 0.419 e. The van der Waals surface area contributed by atoms with E-state index < -0.39 is 17.6 Å². The summed E-state index contributed by atoms with van der Waals surface area (Å²) in [6.07, 6.45) is 0.851. The number of likely N-dealkylation sites (tertiary alicyclic amines) is 1. The lowest BCUT2D eigenvalue weighted by Gasteiger charge is -2.48. The van der Waals surface area contributed by atoms with Gasteiger partial charge in [-0.2, -0.15) is 18.3 Å². The van der Waals surface area contributed by atoms with Gasteiger partial charge in [-0.15, -0.1) is 0 Å². The van der Waals surface area contributed by atoms with Crippen LogP contribution in [0, 0.1) is 0 Å². The van der Waals surface area contributed by atoms with E-state index >= 15 is 0 Å². The number of hydrogen-bond donors (Lipinski definition) is 2. The number of nitrogens with two attached hydrogens (primary N) is 1. The number of nitrogen functional groups attached to an aromatic ring is 1. The molecule has 1 saturated heterocycles. The highest BCUT2D eigenvalue weighted by Crippen LogP contribution is 2.44. The first-order valence-electron chi connectivity index (χ1n) is 9.72. The number of hydrogen-bond acceptors (Lipinski definition) is 4. The molecule has 1 saturated carbocycles. The second-order valence-corrected chi connectivity index (χ2v) is 8.26. The number of alkyl halides is 3. The van der Waals surface area contributed by atoms with Crippen LogP contribution in [-0.4, -0.2) is 44.8 Å². The van der Waals surface area contributed by atoms with Gasteiger partial charge in [-0.3, -0.25) is 4.68 Å². The van der Waals surface area contributed by atoms with Gasteiger partial charge >= 0.3 is 12.2 Å². The molecule has 10 heteroatoms. The summed E-state index contributed by atoms with van der Waals surface area (Å²) >= 11 is 0. The number of halogens is 3. The summed E-state index contributed by atoms with van der Waals surface area (Å²) in [6.45, 7) is 1.89. The van der Waals surface area contributed by atoms with E-state index in [1.807, 2.05) is 10.7 Å². The van der Waals surface area contributed by atoms with Gasteiger partial charge in [0.1, 0.15) is 5.82 Å². The van der Waals surface area contributed by atoms with E-state index in [4.69, 9.17) is 5.73 Å². The molecule has 29 heavy (non-hydrogen) atoms. The predicted molar refractivity (Wildman–Crippen MR) is 98.9 cm³/mol. The van der Waals surface area contributed by atoms with Crippen LogP contribution in [0.1, 0.15) is 36.9 Å². The minimum atomic E-state index is -4.57. The van der Waals surface area contributed by atoms with Crippen molar-refractivity contribution in [2.45, 2.75) is 49.9 Å². The molecule has 5 rings (SSSR count). The van der Waals surface area contributed by atoms with Crippen LogP contribution in [-0.2, 0) is 18.1 Å². The number of nitrogens with zero attached hydrogens (tertiary/aromatic N) is 4. The topological polar surface area (TPSA) is 89.1 Å². The van der Waals surface area contributed by atoms with Crippen LogP contribution in [0.2, 0.25) is 0 Å². The molecule has 0 unspecified atom stereocenters. The molecule has 1 aliphatic carbocycles. The first-order valence-corrected chi connectivity index (χ1v) is 9.72. The van der Waals surface area contributed by atoms with Crippen LogP contribution in [0.25, 0.3) is 11.3 Å². The number of fused-ring (bicyclic) bond motifs is 2. The van der Waals surface area contributed by atoms with Crippen LogP contribution >= 0.6 is 0 Å². The number of pyridine rings is 1. The number of rotatable bonds is 2. The van der Waals surface area contributed by atoms with E-state index in [2.05, 4.69) is 15.4 Å². The normalized spacial score (nSPS) is 20.3. The molecule has 2 amide bonds. The summed E-state index contributed by atoms with van der Waals surface area (Å²) in [7, 11) is 0. The van der Waals surface area contributed by atoms with E-state index in [9.17, 15) is 18.0 Å². The Kier molecular flexibility index (Phi) is 3.85. The summed E-state index contributed by atoms with van der Waals surface area (Å²) in [5.74, 6) is -0.545. The minimum absolute atomic E-state index is 0.0314. The van der Waals surface area contributed by atoms with Crippen molar-refractivity contribution in [3.05, 3.63) is 29.6 Å². The van der Waals surface area contributed by atoms with E-state index in [1.165, 1.54) is 6.20 Å². The zero-order chi connectivity index (χ0) is 20.4. The third kappa shape index (κ3) is 2.92. The fraction of sp³-hybridized carbons (Fsp3) is 0.526.